The summed E-state index contributed by atoms with van der Waals surface area (Å²) in [6.07, 6.45) is -2.69. The number of aliphatic hydroxyl groups is 2. The van der Waals surface area contributed by atoms with Gasteiger partial charge in [-0.25, -0.2) is 4.98 Å². The Kier molecular flexibility index (Phi) is 8.02. The van der Waals surface area contributed by atoms with Crippen molar-refractivity contribution in [3.63, 3.8) is 0 Å². The minimum Gasteiger partial charge on any atom is -0.392 e. The summed E-state index contributed by atoms with van der Waals surface area (Å²) >= 11 is 0. The lowest BCUT2D eigenvalue weighted by Gasteiger charge is -2.30. The first kappa shape index (κ1) is 26.2. The van der Waals surface area contributed by atoms with Crippen molar-refractivity contribution in [2.45, 2.75) is 57.2 Å². The van der Waals surface area contributed by atoms with Crippen LogP contribution in [0.25, 0.3) is 22.0 Å². The molecule has 4 rings (SSSR count). The summed E-state index contributed by atoms with van der Waals surface area (Å²) in [5.41, 5.74) is 0.820. The fourth-order valence-electron chi connectivity index (χ4n) is 4.39. The molecule has 6 nitrogen and oxygen atoms in total. The van der Waals surface area contributed by atoms with Gasteiger partial charge in [-0.1, -0.05) is 12.1 Å². The number of aromatic nitrogens is 2. The zero-order chi connectivity index (χ0) is 23.8. The second-order valence-electron chi connectivity index (χ2n) is 8.63. The number of nitrogens with one attached hydrogen (secondary N) is 1. The topological polar surface area (TPSA) is 87.4 Å². The Labute approximate surface area is 200 Å². The normalized spacial score (nSPS) is 19.6. The van der Waals surface area contributed by atoms with Crippen molar-refractivity contribution in [3.8, 4) is 11.1 Å². The van der Waals surface area contributed by atoms with Crippen molar-refractivity contribution in [2.75, 3.05) is 6.54 Å². The second kappa shape index (κ2) is 10.4. The fourth-order valence-corrected chi connectivity index (χ4v) is 4.39. The van der Waals surface area contributed by atoms with Crippen LogP contribution >= 0.6 is 12.4 Å². The molecule has 0 saturated carbocycles. The number of fused-ring (bicyclic) bond motifs is 1. The van der Waals surface area contributed by atoms with Gasteiger partial charge in [-0.2, -0.15) is 13.2 Å². The Bertz CT molecular complexity index is 1220. The van der Waals surface area contributed by atoms with E-state index in [-0.39, 0.29) is 42.4 Å². The number of nitrogens with zero attached hydrogens (tertiary/aromatic N) is 2. The predicted octanol–water partition coefficient (Wildman–Crippen LogP) is 3.68. The third-order valence-corrected chi connectivity index (χ3v) is 6.12. The molecular weight excluding hydrogens is 471 g/mol. The highest BCUT2D eigenvalue weighted by Gasteiger charge is 2.30. The van der Waals surface area contributed by atoms with Crippen LogP contribution in [0.1, 0.15) is 30.4 Å². The van der Waals surface area contributed by atoms with E-state index in [4.69, 9.17) is 0 Å². The molecule has 0 radical (unpaired) electrons. The van der Waals surface area contributed by atoms with Crippen LogP contribution in [0.4, 0.5) is 13.2 Å². The molecule has 0 aliphatic carbocycles. The first-order valence-corrected chi connectivity index (χ1v) is 10.9. The molecule has 184 valence electrons. The standard InChI is InChI=1S/C24H26F3N3O3.ClH/c1-14-8-16(15-4-2-5-17(9-15)24(25,26)27)10-19-22(14)29-13-30(23(19)33)12-18(31)11-20-21(32)6-3-7-28-20;/h2,4-5,8-10,13,18,20-21,28,31-32H,3,6-7,11-12H2,1H3;1H/t18-,20+,21-;/m0./s1. The monoisotopic (exact) mass is 497 g/mol. The van der Waals surface area contributed by atoms with Crippen molar-refractivity contribution < 1.29 is 23.4 Å². The molecule has 1 aliphatic rings. The van der Waals surface area contributed by atoms with Crippen LogP contribution in [0.2, 0.25) is 0 Å². The van der Waals surface area contributed by atoms with Gasteiger partial charge in [-0.15, -0.1) is 12.4 Å². The predicted molar refractivity (Wildman–Crippen MR) is 126 cm³/mol. The highest BCUT2D eigenvalue weighted by molar-refractivity contribution is 5.86. The van der Waals surface area contributed by atoms with E-state index in [1.807, 2.05) is 0 Å². The molecule has 10 heteroatoms. The lowest BCUT2D eigenvalue weighted by Crippen LogP contribution is -2.47. The van der Waals surface area contributed by atoms with Crippen molar-refractivity contribution in [1.29, 1.82) is 0 Å². The Morgan fingerprint density at radius 1 is 1.24 bits per heavy atom. The first-order valence-electron chi connectivity index (χ1n) is 10.9. The van der Waals surface area contributed by atoms with Crippen LogP contribution in [-0.4, -0.2) is 44.6 Å². The number of alkyl halides is 3. The third kappa shape index (κ3) is 5.60. The zero-order valence-corrected chi connectivity index (χ0v) is 19.4. The minimum atomic E-state index is -4.47. The van der Waals surface area contributed by atoms with Gasteiger partial charge >= 0.3 is 6.18 Å². The average Bonchev–Trinajstić information content (AvgIpc) is 2.77. The van der Waals surface area contributed by atoms with E-state index in [9.17, 15) is 28.2 Å². The SMILES string of the molecule is Cc1cc(-c2cccc(C(F)(F)F)c2)cc2c(=O)n(C[C@@H](O)C[C@H]3NCCC[C@@H]3O)cnc12.Cl. The molecule has 3 aromatic rings. The van der Waals surface area contributed by atoms with Crippen LogP contribution < -0.4 is 10.9 Å². The summed E-state index contributed by atoms with van der Waals surface area (Å²) in [5.74, 6) is 0. The molecule has 0 spiro atoms. The van der Waals surface area contributed by atoms with Gasteiger partial charge in [0.15, 0.2) is 0 Å². The summed E-state index contributed by atoms with van der Waals surface area (Å²) in [4.78, 5) is 17.5. The Hall–Kier alpha value is -2.46. The zero-order valence-electron chi connectivity index (χ0n) is 18.5. The minimum absolute atomic E-state index is 0. The molecule has 1 saturated heterocycles. The Morgan fingerprint density at radius 3 is 2.71 bits per heavy atom. The molecule has 0 amide bonds. The molecule has 2 aromatic carbocycles. The highest BCUT2D eigenvalue weighted by atomic mass is 35.5. The van der Waals surface area contributed by atoms with E-state index < -0.39 is 23.9 Å². The van der Waals surface area contributed by atoms with Crippen molar-refractivity contribution in [1.82, 2.24) is 14.9 Å². The molecule has 0 unspecified atom stereocenters. The van der Waals surface area contributed by atoms with Crippen LogP contribution in [0, 0.1) is 6.92 Å². The first-order chi connectivity index (χ1) is 15.6. The molecule has 1 aliphatic heterocycles. The number of benzene rings is 2. The smallest absolute Gasteiger partial charge is 0.392 e. The molecule has 34 heavy (non-hydrogen) atoms. The fraction of sp³-hybridized carbons (Fsp3) is 0.417. The van der Waals surface area contributed by atoms with Crippen LogP contribution in [0.3, 0.4) is 0 Å². The molecule has 1 aromatic heterocycles. The van der Waals surface area contributed by atoms with Gasteiger partial charge in [0, 0.05) is 6.04 Å². The number of piperidine rings is 1. The lowest BCUT2D eigenvalue weighted by molar-refractivity contribution is -0.137. The number of hydrogen-bond acceptors (Lipinski definition) is 5. The largest absolute Gasteiger partial charge is 0.416 e. The van der Waals surface area contributed by atoms with Gasteiger partial charge in [-0.05, 0) is 73.7 Å². The van der Waals surface area contributed by atoms with Crippen molar-refractivity contribution in [2.24, 2.45) is 0 Å². The maximum absolute atomic E-state index is 13.1. The van der Waals surface area contributed by atoms with E-state index in [1.54, 1.807) is 25.1 Å². The van der Waals surface area contributed by atoms with Gasteiger partial charge in [0.1, 0.15) is 0 Å². The van der Waals surface area contributed by atoms with Gasteiger partial charge in [0.2, 0.25) is 0 Å². The highest BCUT2D eigenvalue weighted by Crippen LogP contribution is 2.33. The van der Waals surface area contributed by atoms with Gasteiger partial charge in [0.25, 0.3) is 5.56 Å². The number of hydrogen-bond donors (Lipinski definition) is 3. The molecule has 1 fully saturated rings. The second-order valence-corrected chi connectivity index (χ2v) is 8.63. The number of rotatable bonds is 5. The summed E-state index contributed by atoms with van der Waals surface area (Å²) in [5, 5.41) is 24.1. The van der Waals surface area contributed by atoms with Crippen molar-refractivity contribution >= 4 is 23.3 Å². The van der Waals surface area contributed by atoms with Crippen LogP contribution in [-0.2, 0) is 12.7 Å². The van der Waals surface area contributed by atoms with Crippen LogP contribution in [0.15, 0.2) is 47.5 Å². The lowest BCUT2D eigenvalue weighted by atomic mass is 9.96. The summed E-state index contributed by atoms with van der Waals surface area (Å²) in [6.45, 7) is 2.52. The number of aliphatic hydroxyl groups excluding tert-OH is 2. The number of halogens is 4. The van der Waals surface area contributed by atoms with E-state index >= 15 is 0 Å². The van der Waals surface area contributed by atoms with E-state index in [0.717, 1.165) is 25.1 Å². The Balaban J connectivity index is 0.00000324. The maximum Gasteiger partial charge on any atom is 0.416 e. The molecule has 3 N–H and O–H groups in total. The summed E-state index contributed by atoms with van der Waals surface area (Å²) < 4.78 is 40.7. The third-order valence-electron chi connectivity index (χ3n) is 6.12. The Morgan fingerprint density at radius 2 is 2.00 bits per heavy atom. The van der Waals surface area contributed by atoms with Gasteiger partial charge in [0.05, 0.1) is 41.5 Å². The van der Waals surface area contributed by atoms with Gasteiger partial charge < -0.3 is 15.5 Å². The molecule has 0 bridgehead atoms. The quantitative estimate of drug-likeness (QED) is 0.500. The molecule has 3 atom stereocenters. The van der Waals surface area contributed by atoms with E-state index in [0.29, 0.717) is 28.6 Å². The molecular formula is C24H27ClF3N3O3. The summed E-state index contributed by atoms with van der Waals surface area (Å²) in [7, 11) is 0. The molecule has 2 heterocycles. The average molecular weight is 498 g/mol. The van der Waals surface area contributed by atoms with Crippen molar-refractivity contribution in [3.05, 3.63) is 64.2 Å². The van der Waals surface area contributed by atoms with E-state index in [2.05, 4.69) is 10.3 Å². The number of aryl methyl sites for hydroxylation is 1. The van der Waals surface area contributed by atoms with E-state index in [1.165, 1.54) is 17.0 Å². The maximum atomic E-state index is 13.1. The van der Waals surface area contributed by atoms with Crippen LogP contribution in [0.5, 0.6) is 0 Å². The van der Waals surface area contributed by atoms with Gasteiger partial charge in [-0.3, -0.25) is 9.36 Å². The summed E-state index contributed by atoms with van der Waals surface area (Å²) in [6, 6.07) is 7.97.